The zero-order chi connectivity index (χ0) is 17.8. The first-order valence-electron chi connectivity index (χ1n) is 8.45. The molecule has 1 atom stereocenters. The molecule has 0 bridgehead atoms. The Morgan fingerprint density at radius 2 is 2.00 bits per heavy atom. The third kappa shape index (κ3) is 3.61. The number of hydrogen-bond acceptors (Lipinski definition) is 4. The standard InChI is InChI=1S/C18H23N3O4/c1-3-25-13-7-5-12(6-8-13)16-15-14(19-18(23)20-16)11-21(17(15)22)9-4-10-24-2/h5-8,16H,3-4,9-11H2,1-2H3,(H2,19,20,23)/t16-/m0/s1. The van der Waals surface area contributed by atoms with E-state index in [2.05, 4.69) is 10.6 Å². The van der Waals surface area contributed by atoms with Crippen molar-refractivity contribution in [2.24, 2.45) is 0 Å². The molecule has 7 heteroatoms. The smallest absolute Gasteiger partial charge is 0.319 e. The molecule has 0 aliphatic carbocycles. The molecule has 0 saturated heterocycles. The average molecular weight is 345 g/mol. The van der Waals surface area contributed by atoms with Gasteiger partial charge in [-0.05, 0) is 31.0 Å². The Labute approximate surface area is 147 Å². The van der Waals surface area contributed by atoms with Crippen LogP contribution in [0.2, 0.25) is 0 Å². The first-order chi connectivity index (χ1) is 12.1. The first-order valence-corrected chi connectivity index (χ1v) is 8.45. The number of benzene rings is 1. The lowest BCUT2D eigenvalue weighted by Crippen LogP contribution is -2.44. The van der Waals surface area contributed by atoms with Crippen LogP contribution in [0.4, 0.5) is 4.79 Å². The molecule has 2 N–H and O–H groups in total. The maximum atomic E-state index is 12.8. The SMILES string of the molecule is CCOc1ccc([C@@H]2NC(=O)NC3=C2C(=O)N(CCCOC)C3)cc1. The number of ether oxygens (including phenoxy) is 2. The van der Waals surface area contributed by atoms with Crippen LogP contribution in [0.25, 0.3) is 0 Å². The van der Waals surface area contributed by atoms with Crippen molar-refractivity contribution in [3.05, 3.63) is 41.1 Å². The summed E-state index contributed by atoms with van der Waals surface area (Å²) in [6.07, 6.45) is 0.762. The summed E-state index contributed by atoms with van der Waals surface area (Å²) in [5, 5.41) is 5.62. The molecule has 1 aromatic rings. The van der Waals surface area contributed by atoms with Gasteiger partial charge in [-0.15, -0.1) is 0 Å². The van der Waals surface area contributed by atoms with Gasteiger partial charge < -0.3 is 25.0 Å². The van der Waals surface area contributed by atoms with Gasteiger partial charge in [-0.1, -0.05) is 12.1 Å². The summed E-state index contributed by atoms with van der Waals surface area (Å²) in [6, 6.07) is 6.73. The number of hydrogen-bond donors (Lipinski definition) is 2. The fraction of sp³-hybridized carbons (Fsp3) is 0.444. The van der Waals surface area contributed by atoms with Crippen molar-refractivity contribution in [2.75, 3.05) is 33.4 Å². The molecule has 0 fully saturated rings. The highest BCUT2D eigenvalue weighted by Crippen LogP contribution is 2.33. The molecule has 3 amide bonds. The monoisotopic (exact) mass is 345 g/mol. The summed E-state index contributed by atoms with van der Waals surface area (Å²) in [7, 11) is 1.64. The summed E-state index contributed by atoms with van der Waals surface area (Å²) < 4.78 is 10.5. The fourth-order valence-corrected chi connectivity index (χ4v) is 3.18. The quantitative estimate of drug-likeness (QED) is 0.735. The van der Waals surface area contributed by atoms with Crippen LogP contribution in [0.3, 0.4) is 0 Å². The molecule has 2 aliphatic heterocycles. The second-order valence-electron chi connectivity index (χ2n) is 6.00. The van der Waals surface area contributed by atoms with Gasteiger partial charge >= 0.3 is 6.03 Å². The Morgan fingerprint density at radius 1 is 1.24 bits per heavy atom. The lowest BCUT2D eigenvalue weighted by atomic mass is 9.96. The minimum absolute atomic E-state index is 0.0440. The van der Waals surface area contributed by atoms with Gasteiger partial charge in [0.2, 0.25) is 0 Å². The van der Waals surface area contributed by atoms with E-state index in [1.54, 1.807) is 12.0 Å². The van der Waals surface area contributed by atoms with Gasteiger partial charge in [0.1, 0.15) is 5.75 Å². The summed E-state index contributed by atoms with van der Waals surface area (Å²) in [4.78, 5) is 26.6. The second kappa shape index (κ2) is 7.57. The molecule has 0 saturated carbocycles. The van der Waals surface area contributed by atoms with E-state index in [-0.39, 0.29) is 11.9 Å². The van der Waals surface area contributed by atoms with E-state index in [0.717, 1.165) is 17.7 Å². The first kappa shape index (κ1) is 17.3. The number of methoxy groups -OCH3 is 1. The van der Waals surface area contributed by atoms with Crippen molar-refractivity contribution < 1.29 is 19.1 Å². The Hall–Kier alpha value is -2.54. The molecule has 7 nitrogen and oxygen atoms in total. The van der Waals surface area contributed by atoms with Gasteiger partial charge in [0.05, 0.1) is 30.5 Å². The van der Waals surface area contributed by atoms with Crippen molar-refractivity contribution in [3.63, 3.8) is 0 Å². The molecule has 0 radical (unpaired) electrons. The van der Waals surface area contributed by atoms with Crippen LogP contribution < -0.4 is 15.4 Å². The minimum atomic E-state index is -0.445. The van der Waals surface area contributed by atoms with Crippen LogP contribution in [-0.4, -0.2) is 50.3 Å². The highest BCUT2D eigenvalue weighted by atomic mass is 16.5. The van der Waals surface area contributed by atoms with Crippen LogP contribution in [0.15, 0.2) is 35.5 Å². The summed E-state index contributed by atoms with van der Waals surface area (Å²) in [5.74, 6) is 0.720. The Balaban J connectivity index is 1.80. The van der Waals surface area contributed by atoms with E-state index >= 15 is 0 Å². The molecule has 134 valence electrons. The number of carbonyl (C=O) groups is 2. The number of carbonyl (C=O) groups excluding carboxylic acids is 2. The molecule has 2 heterocycles. The van der Waals surface area contributed by atoms with Crippen LogP contribution in [0, 0.1) is 0 Å². The molecule has 2 aliphatic rings. The van der Waals surface area contributed by atoms with E-state index in [9.17, 15) is 9.59 Å². The minimum Gasteiger partial charge on any atom is -0.494 e. The zero-order valence-electron chi connectivity index (χ0n) is 14.5. The fourth-order valence-electron chi connectivity index (χ4n) is 3.18. The summed E-state index contributed by atoms with van der Waals surface area (Å²) in [6.45, 7) is 4.15. The van der Waals surface area contributed by atoms with Crippen LogP contribution in [0.1, 0.15) is 24.9 Å². The van der Waals surface area contributed by atoms with Crippen LogP contribution >= 0.6 is 0 Å². The van der Waals surface area contributed by atoms with E-state index in [4.69, 9.17) is 9.47 Å². The Bertz CT molecular complexity index is 684. The van der Waals surface area contributed by atoms with E-state index in [1.165, 1.54) is 0 Å². The van der Waals surface area contributed by atoms with Gasteiger partial charge in [-0.25, -0.2) is 4.79 Å². The topological polar surface area (TPSA) is 79.9 Å². The third-order valence-corrected chi connectivity index (χ3v) is 4.32. The molecule has 0 aromatic heterocycles. The third-order valence-electron chi connectivity index (χ3n) is 4.32. The maximum absolute atomic E-state index is 12.8. The average Bonchev–Trinajstić information content (AvgIpc) is 2.91. The number of urea groups is 1. The Morgan fingerprint density at radius 3 is 2.68 bits per heavy atom. The van der Waals surface area contributed by atoms with Gasteiger partial charge in [0.15, 0.2) is 0 Å². The second-order valence-corrected chi connectivity index (χ2v) is 6.00. The van der Waals surface area contributed by atoms with Gasteiger partial charge in [0.25, 0.3) is 5.91 Å². The predicted octanol–water partition coefficient (Wildman–Crippen LogP) is 1.57. The summed E-state index contributed by atoms with van der Waals surface area (Å²) >= 11 is 0. The van der Waals surface area contributed by atoms with E-state index < -0.39 is 6.04 Å². The lowest BCUT2D eigenvalue weighted by Gasteiger charge is -2.25. The van der Waals surface area contributed by atoms with E-state index in [1.807, 2.05) is 31.2 Å². The van der Waals surface area contributed by atoms with Gasteiger partial charge in [0, 0.05) is 20.3 Å². The number of nitrogens with zero attached hydrogens (tertiary/aromatic N) is 1. The number of rotatable bonds is 7. The molecule has 0 spiro atoms. The normalized spacial score (nSPS) is 19.6. The molecular weight excluding hydrogens is 322 g/mol. The molecular formula is C18H23N3O4. The Kier molecular flexibility index (Phi) is 5.23. The van der Waals surface area contributed by atoms with Crippen molar-refractivity contribution >= 4 is 11.9 Å². The van der Waals surface area contributed by atoms with Crippen LogP contribution in [-0.2, 0) is 9.53 Å². The van der Waals surface area contributed by atoms with Crippen LogP contribution in [0.5, 0.6) is 5.75 Å². The van der Waals surface area contributed by atoms with Crippen molar-refractivity contribution in [3.8, 4) is 5.75 Å². The highest BCUT2D eigenvalue weighted by molar-refractivity contribution is 6.01. The summed E-state index contributed by atoms with van der Waals surface area (Å²) in [5.41, 5.74) is 2.16. The highest BCUT2D eigenvalue weighted by Gasteiger charge is 2.40. The molecule has 0 unspecified atom stereocenters. The van der Waals surface area contributed by atoms with Crippen molar-refractivity contribution in [1.82, 2.24) is 15.5 Å². The molecule has 25 heavy (non-hydrogen) atoms. The van der Waals surface area contributed by atoms with E-state index in [0.29, 0.717) is 37.6 Å². The van der Waals surface area contributed by atoms with Crippen molar-refractivity contribution in [1.29, 1.82) is 0 Å². The number of nitrogens with one attached hydrogen (secondary N) is 2. The maximum Gasteiger partial charge on any atom is 0.319 e. The zero-order valence-corrected chi connectivity index (χ0v) is 14.5. The van der Waals surface area contributed by atoms with Gasteiger partial charge in [-0.2, -0.15) is 0 Å². The molecule has 3 rings (SSSR count). The number of amides is 3. The predicted molar refractivity (Wildman–Crippen MR) is 92.1 cm³/mol. The largest absolute Gasteiger partial charge is 0.494 e. The lowest BCUT2D eigenvalue weighted by molar-refractivity contribution is -0.125. The van der Waals surface area contributed by atoms with Gasteiger partial charge in [-0.3, -0.25) is 4.79 Å². The molecule has 1 aromatic carbocycles. The van der Waals surface area contributed by atoms with Crippen molar-refractivity contribution in [2.45, 2.75) is 19.4 Å².